The van der Waals surface area contributed by atoms with Crippen LogP contribution in [0.25, 0.3) is 6.08 Å². The highest BCUT2D eigenvalue weighted by Crippen LogP contribution is 2.19. The Morgan fingerprint density at radius 2 is 2.31 bits per heavy atom. The van der Waals surface area contributed by atoms with Crippen molar-refractivity contribution in [1.82, 2.24) is 0 Å². The van der Waals surface area contributed by atoms with Crippen LogP contribution in [0.15, 0.2) is 24.3 Å². The number of hydrogen-bond donors (Lipinski definition) is 0. The first-order valence-electron chi connectivity index (χ1n) is 4.86. The van der Waals surface area contributed by atoms with E-state index in [1.54, 1.807) is 13.0 Å². The Morgan fingerprint density at radius 1 is 1.56 bits per heavy atom. The lowest BCUT2D eigenvalue weighted by molar-refractivity contribution is -0.137. The first-order chi connectivity index (χ1) is 7.67. The van der Waals surface area contributed by atoms with Crippen LogP contribution in [0.3, 0.4) is 0 Å². The SMILES string of the molecule is CCOC(=O)C=Cc1cc(Cl)ccc1CBr. The van der Waals surface area contributed by atoms with Crippen molar-refractivity contribution < 1.29 is 9.53 Å². The molecule has 0 unspecified atom stereocenters. The predicted octanol–water partition coefficient (Wildman–Crippen LogP) is 3.81. The molecule has 0 radical (unpaired) electrons. The third-order valence-corrected chi connectivity index (χ3v) is 2.78. The summed E-state index contributed by atoms with van der Waals surface area (Å²) in [4.78, 5) is 11.1. The highest BCUT2D eigenvalue weighted by Gasteiger charge is 2.00. The molecule has 0 aliphatic rings. The van der Waals surface area contributed by atoms with Crippen molar-refractivity contribution >= 4 is 39.6 Å². The van der Waals surface area contributed by atoms with E-state index in [1.807, 2.05) is 18.2 Å². The molecular formula is C12H12BrClO2. The molecule has 2 nitrogen and oxygen atoms in total. The molecule has 1 aromatic rings. The van der Waals surface area contributed by atoms with Crippen LogP contribution < -0.4 is 0 Å². The van der Waals surface area contributed by atoms with Crippen molar-refractivity contribution in [3.63, 3.8) is 0 Å². The van der Waals surface area contributed by atoms with Crippen LogP contribution in [-0.2, 0) is 14.9 Å². The van der Waals surface area contributed by atoms with Gasteiger partial charge in [0.2, 0.25) is 0 Å². The first kappa shape index (κ1) is 13.3. The molecule has 0 heterocycles. The molecule has 0 aromatic heterocycles. The van der Waals surface area contributed by atoms with Gasteiger partial charge in [0.25, 0.3) is 0 Å². The van der Waals surface area contributed by atoms with Gasteiger partial charge in [-0.05, 0) is 36.3 Å². The molecule has 4 heteroatoms. The van der Waals surface area contributed by atoms with Gasteiger partial charge in [-0.2, -0.15) is 0 Å². The van der Waals surface area contributed by atoms with E-state index in [0.717, 1.165) is 11.1 Å². The summed E-state index contributed by atoms with van der Waals surface area (Å²) in [6.07, 6.45) is 3.11. The van der Waals surface area contributed by atoms with E-state index in [4.69, 9.17) is 16.3 Å². The monoisotopic (exact) mass is 302 g/mol. The molecule has 0 spiro atoms. The van der Waals surface area contributed by atoms with Crippen LogP contribution >= 0.6 is 27.5 Å². The fourth-order valence-corrected chi connectivity index (χ4v) is 1.88. The van der Waals surface area contributed by atoms with Crippen LogP contribution in [0.2, 0.25) is 5.02 Å². The smallest absolute Gasteiger partial charge is 0.330 e. The lowest BCUT2D eigenvalue weighted by atomic mass is 10.1. The quantitative estimate of drug-likeness (QED) is 0.480. The van der Waals surface area contributed by atoms with Crippen molar-refractivity contribution in [3.8, 4) is 0 Å². The number of alkyl halides is 1. The Kier molecular flexibility index (Phi) is 5.56. The molecule has 1 aromatic carbocycles. The maximum atomic E-state index is 11.1. The van der Waals surface area contributed by atoms with Crippen molar-refractivity contribution in [3.05, 3.63) is 40.4 Å². The maximum Gasteiger partial charge on any atom is 0.330 e. The van der Waals surface area contributed by atoms with E-state index in [9.17, 15) is 4.79 Å². The Bertz CT molecular complexity index is 402. The number of halogens is 2. The molecule has 0 saturated heterocycles. The van der Waals surface area contributed by atoms with Crippen molar-refractivity contribution in [2.75, 3.05) is 6.61 Å². The molecule has 0 amide bonds. The number of rotatable bonds is 4. The molecule has 0 N–H and O–H groups in total. The molecule has 0 aliphatic heterocycles. The van der Waals surface area contributed by atoms with Gasteiger partial charge in [-0.15, -0.1) is 0 Å². The maximum absolute atomic E-state index is 11.1. The lowest BCUT2D eigenvalue weighted by Gasteiger charge is -2.02. The number of carbonyl (C=O) groups excluding carboxylic acids is 1. The van der Waals surface area contributed by atoms with Gasteiger partial charge in [0.05, 0.1) is 6.61 Å². The first-order valence-corrected chi connectivity index (χ1v) is 6.36. The normalized spacial score (nSPS) is 10.7. The summed E-state index contributed by atoms with van der Waals surface area (Å²) in [6.45, 7) is 2.15. The van der Waals surface area contributed by atoms with Gasteiger partial charge in [0, 0.05) is 16.4 Å². The third kappa shape index (κ3) is 3.99. The highest BCUT2D eigenvalue weighted by atomic mass is 79.9. The topological polar surface area (TPSA) is 26.3 Å². The van der Waals surface area contributed by atoms with Crippen molar-refractivity contribution in [1.29, 1.82) is 0 Å². The number of ether oxygens (including phenoxy) is 1. The number of hydrogen-bond acceptors (Lipinski definition) is 2. The number of esters is 1. The Labute approximate surface area is 108 Å². The summed E-state index contributed by atoms with van der Waals surface area (Å²) in [7, 11) is 0. The van der Waals surface area contributed by atoms with Crippen LogP contribution in [0.1, 0.15) is 18.1 Å². The lowest BCUT2D eigenvalue weighted by Crippen LogP contribution is -1.98. The largest absolute Gasteiger partial charge is 0.463 e. The van der Waals surface area contributed by atoms with Crippen molar-refractivity contribution in [2.45, 2.75) is 12.3 Å². The fraction of sp³-hybridized carbons (Fsp3) is 0.250. The Morgan fingerprint density at radius 3 is 2.94 bits per heavy atom. The number of benzene rings is 1. The van der Waals surface area contributed by atoms with E-state index in [0.29, 0.717) is 17.0 Å². The van der Waals surface area contributed by atoms with E-state index in [-0.39, 0.29) is 5.97 Å². The summed E-state index contributed by atoms with van der Waals surface area (Å²) >= 11 is 9.26. The van der Waals surface area contributed by atoms with E-state index in [2.05, 4.69) is 15.9 Å². The average Bonchev–Trinajstić information content (AvgIpc) is 2.27. The van der Waals surface area contributed by atoms with Crippen molar-refractivity contribution in [2.24, 2.45) is 0 Å². The van der Waals surface area contributed by atoms with Gasteiger partial charge in [0.1, 0.15) is 0 Å². The predicted molar refractivity (Wildman–Crippen MR) is 69.8 cm³/mol. The highest BCUT2D eigenvalue weighted by molar-refractivity contribution is 9.08. The van der Waals surface area contributed by atoms with Crippen LogP contribution in [0.4, 0.5) is 0 Å². The van der Waals surface area contributed by atoms with E-state index in [1.165, 1.54) is 6.08 Å². The minimum atomic E-state index is -0.344. The van der Waals surface area contributed by atoms with E-state index >= 15 is 0 Å². The number of carbonyl (C=O) groups is 1. The zero-order valence-electron chi connectivity index (χ0n) is 8.87. The fourth-order valence-electron chi connectivity index (χ4n) is 1.19. The molecule has 0 fully saturated rings. The standard InChI is InChI=1S/C12H12BrClO2/c1-2-16-12(15)6-4-9-7-11(14)5-3-10(9)8-13/h3-7H,2,8H2,1H3. The van der Waals surface area contributed by atoms with Crippen LogP contribution in [0, 0.1) is 0 Å². The van der Waals surface area contributed by atoms with Gasteiger partial charge < -0.3 is 4.74 Å². The summed E-state index contributed by atoms with van der Waals surface area (Å²) in [5, 5.41) is 1.36. The second-order valence-corrected chi connectivity index (χ2v) is 4.06. The van der Waals surface area contributed by atoms with Gasteiger partial charge in [-0.25, -0.2) is 4.79 Å². The van der Waals surface area contributed by atoms with Gasteiger partial charge in [-0.1, -0.05) is 33.6 Å². The minimum Gasteiger partial charge on any atom is -0.463 e. The molecule has 0 atom stereocenters. The van der Waals surface area contributed by atoms with Gasteiger partial charge in [-0.3, -0.25) is 0 Å². The van der Waals surface area contributed by atoms with Crippen LogP contribution in [0.5, 0.6) is 0 Å². The Balaban J connectivity index is 2.86. The molecule has 0 bridgehead atoms. The molecule has 1 rings (SSSR count). The average molecular weight is 304 g/mol. The minimum absolute atomic E-state index is 0.344. The zero-order valence-corrected chi connectivity index (χ0v) is 11.2. The van der Waals surface area contributed by atoms with Crippen LogP contribution in [-0.4, -0.2) is 12.6 Å². The second kappa shape index (κ2) is 6.71. The molecular weight excluding hydrogens is 291 g/mol. The summed E-state index contributed by atoms with van der Waals surface area (Å²) in [5.74, 6) is -0.344. The molecule has 0 aliphatic carbocycles. The Hall–Kier alpha value is -0.800. The molecule has 86 valence electrons. The van der Waals surface area contributed by atoms with Gasteiger partial charge >= 0.3 is 5.97 Å². The van der Waals surface area contributed by atoms with E-state index < -0.39 is 0 Å². The molecule has 16 heavy (non-hydrogen) atoms. The summed E-state index contributed by atoms with van der Waals surface area (Å²) in [6, 6.07) is 5.55. The third-order valence-electron chi connectivity index (χ3n) is 1.94. The zero-order chi connectivity index (χ0) is 12.0. The second-order valence-electron chi connectivity index (χ2n) is 3.06. The summed E-state index contributed by atoms with van der Waals surface area (Å²) in [5.41, 5.74) is 1.99. The van der Waals surface area contributed by atoms with Gasteiger partial charge in [0.15, 0.2) is 0 Å². The molecule has 0 saturated carbocycles. The summed E-state index contributed by atoms with van der Waals surface area (Å²) < 4.78 is 4.80.